The molecule has 1 aliphatic rings. The van der Waals surface area contributed by atoms with Crippen LogP contribution < -0.4 is 16.0 Å². The Morgan fingerprint density at radius 3 is 2.12 bits per heavy atom. The zero-order valence-corrected chi connectivity index (χ0v) is 30.3. The molecular weight excluding hydrogens is 654 g/mol. The van der Waals surface area contributed by atoms with Crippen LogP contribution in [0.3, 0.4) is 0 Å². The number of aryl methyl sites for hydroxylation is 1. The molecule has 0 unspecified atom stereocenters. The second-order valence-electron chi connectivity index (χ2n) is 13.2. The smallest absolute Gasteiger partial charge is 0.246 e. The third-order valence-electron chi connectivity index (χ3n) is 7.95. The average molecular weight is 708 g/mol. The summed E-state index contributed by atoms with van der Waals surface area (Å²) in [4.78, 5) is 46.8. The van der Waals surface area contributed by atoms with E-state index in [1.54, 1.807) is 38.4 Å². The SMILES string of the molecule is CNCCOCCOCCOCCOCC(=O)N[C@H](C(=O)N1C[C@H](O)C[C@H]1C(=O)N[C@@](C)(O)c1ccc(-c2scnc2C)cc1)C(C)(C)C. The minimum absolute atomic E-state index is 0.0132. The van der Waals surface area contributed by atoms with E-state index < -0.39 is 47.0 Å². The molecule has 274 valence electrons. The normalized spacial score (nSPS) is 18.2. The molecule has 0 saturated carbocycles. The molecule has 1 aromatic heterocycles. The van der Waals surface area contributed by atoms with Gasteiger partial charge in [-0.3, -0.25) is 14.4 Å². The topological polar surface area (TPSA) is 181 Å². The van der Waals surface area contributed by atoms with Gasteiger partial charge in [-0.1, -0.05) is 45.0 Å². The average Bonchev–Trinajstić information content (AvgIpc) is 3.66. The summed E-state index contributed by atoms with van der Waals surface area (Å²) in [7, 11) is 1.86. The van der Waals surface area contributed by atoms with Gasteiger partial charge in [0.25, 0.3) is 0 Å². The van der Waals surface area contributed by atoms with Crippen molar-refractivity contribution in [3.05, 3.63) is 41.0 Å². The molecule has 1 aromatic carbocycles. The fourth-order valence-electron chi connectivity index (χ4n) is 5.24. The van der Waals surface area contributed by atoms with E-state index in [-0.39, 0.29) is 32.8 Å². The molecule has 1 saturated heterocycles. The maximum Gasteiger partial charge on any atom is 0.246 e. The van der Waals surface area contributed by atoms with E-state index in [1.165, 1.54) is 23.2 Å². The van der Waals surface area contributed by atoms with E-state index in [9.17, 15) is 24.6 Å². The number of likely N-dealkylation sites (tertiary alicyclic amines) is 1. The lowest BCUT2D eigenvalue weighted by Crippen LogP contribution is -2.59. The molecule has 0 spiro atoms. The number of aromatic nitrogens is 1. The van der Waals surface area contributed by atoms with Gasteiger partial charge in [0, 0.05) is 25.1 Å². The fraction of sp³-hybridized carbons (Fsp3) is 0.647. The van der Waals surface area contributed by atoms with Gasteiger partial charge in [0.05, 0.1) is 68.4 Å². The van der Waals surface area contributed by atoms with Gasteiger partial charge in [0.2, 0.25) is 17.7 Å². The van der Waals surface area contributed by atoms with E-state index in [1.807, 2.05) is 26.1 Å². The minimum atomic E-state index is -1.76. The predicted octanol–water partition coefficient (Wildman–Crippen LogP) is 1.18. The van der Waals surface area contributed by atoms with Crippen molar-refractivity contribution in [2.75, 3.05) is 73.0 Å². The van der Waals surface area contributed by atoms with E-state index in [0.29, 0.717) is 38.6 Å². The van der Waals surface area contributed by atoms with Crippen LogP contribution in [0.2, 0.25) is 0 Å². The summed E-state index contributed by atoms with van der Waals surface area (Å²) in [6, 6.07) is 5.07. The predicted molar refractivity (Wildman–Crippen MR) is 185 cm³/mol. The fourth-order valence-corrected chi connectivity index (χ4v) is 6.05. The summed E-state index contributed by atoms with van der Waals surface area (Å²) in [5.74, 6) is -1.64. The second kappa shape index (κ2) is 19.4. The Hall–Kier alpha value is -3.02. The van der Waals surface area contributed by atoms with E-state index in [4.69, 9.17) is 18.9 Å². The van der Waals surface area contributed by atoms with Gasteiger partial charge in [-0.25, -0.2) is 4.98 Å². The second-order valence-corrected chi connectivity index (χ2v) is 14.0. The first-order valence-electron chi connectivity index (χ1n) is 16.5. The number of ether oxygens (including phenoxy) is 4. The number of rotatable bonds is 20. The summed E-state index contributed by atoms with van der Waals surface area (Å²) >= 11 is 1.51. The molecule has 3 amide bonds. The number of carbonyl (C=O) groups is 3. The molecule has 3 rings (SSSR count). The molecule has 49 heavy (non-hydrogen) atoms. The van der Waals surface area contributed by atoms with Crippen molar-refractivity contribution in [3.63, 3.8) is 0 Å². The maximum absolute atomic E-state index is 13.9. The lowest BCUT2D eigenvalue weighted by atomic mass is 9.85. The summed E-state index contributed by atoms with van der Waals surface area (Å²) in [6.07, 6.45) is -0.964. The largest absolute Gasteiger partial charge is 0.391 e. The Balaban J connectivity index is 1.49. The number of nitrogens with one attached hydrogen (secondary N) is 3. The lowest BCUT2D eigenvalue weighted by Gasteiger charge is -2.36. The number of β-amino-alcohol motifs (C(OH)–C–C–N with tert-alkyl or cyclic N) is 1. The zero-order valence-electron chi connectivity index (χ0n) is 29.5. The van der Waals surface area contributed by atoms with Crippen LogP contribution in [0.25, 0.3) is 10.4 Å². The number of hydrogen-bond acceptors (Lipinski definition) is 12. The van der Waals surface area contributed by atoms with Crippen LogP contribution in [0.5, 0.6) is 0 Å². The van der Waals surface area contributed by atoms with Crippen molar-refractivity contribution < 1.29 is 43.5 Å². The number of thiazole rings is 1. The monoisotopic (exact) mass is 707 g/mol. The molecule has 5 N–H and O–H groups in total. The van der Waals surface area contributed by atoms with Gasteiger partial charge in [-0.2, -0.15) is 0 Å². The highest BCUT2D eigenvalue weighted by Crippen LogP contribution is 2.30. The van der Waals surface area contributed by atoms with Gasteiger partial charge in [0.1, 0.15) is 18.7 Å². The Kier molecular flexibility index (Phi) is 16.0. The number of carbonyl (C=O) groups excluding carboxylic acids is 3. The molecule has 4 atom stereocenters. The van der Waals surface area contributed by atoms with Crippen LogP contribution in [-0.4, -0.2) is 129 Å². The van der Waals surface area contributed by atoms with Crippen molar-refractivity contribution >= 4 is 29.1 Å². The molecule has 14 nitrogen and oxygen atoms in total. The van der Waals surface area contributed by atoms with E-state index in [0.717, 1.165) is 22.7 Å². The van der Waals surface area contributed by atoms with Gasteiger partial charge < -0.3 is 50.0 Å². The molecule has 2 aromatic rings. The highest BCUT2D eigenvalue weighted by atomic mass is 32.1. The first-order chi connectivity index (χ1) is 23.2. The number of benzene rings is 1. The van der Waals surface area contributed by atoms with Crippen molar-refractivity contribution in [1.82, 2.24) is 25.8 Å². The standard InChI is InChI=1S/C34H53N5O9S/c1-23-29(49-22-36-23)24-7-9-25(10-8-24)34(5,44)38-31(42)27-19-26(40)20-39(27)32(43)30(33(2,3)4)37-28(41)21-48-18-17-47-16-15-46-14-13-45-12-11-35-6/h7-10,22,26-27,30,35,40,44H,11-21H2,1-6H3,(H,37,41)(H,38,42)/t26-,27+,30-,34+/m1/s1. The van der Waals surface area contributed by atoms with Crippen molar-refractivity contribution in [2.45, 2.75) is 65.0 Å². The van der Waals surface area contributed by atoms with E-state index in [2.05, 4.69) is 20.9 Å². The van der Waals surface area contributed by atoms with Crippen molar-refractivity contribution in [1.29, 1.82) is 0 Å². The van der Waals surface area contributed by atoms with Crippen molar-refractivity contribution in [3.8, 4) is 10.4 Å². The third-order valence-corrected chi connectivity index (χ3v) is 8.93. The highest BCUT2D eigenvalue weighted by Gasteiger charge is 2.45. The van der Waals surface area contributed by atoms with E-state index >= 15 is 0 Å². The number of aliphatic hydroxyl groups is 2. The summed E-state index contributed by atoms with van der Waals surface area (Å²) < 4.78 is 21.7. The molecule has 1 fully saturated rings. The Morgan fingerprint density at radius 1 is 0.980 bits per heavy atom. The number of amides is 3. The molecular formula is C34H53N5O9S. The van der Waals surface area contributed by atoms with Crippen LogP contribution >= 0.6 is 11.3 Å². The molecule has 15 heteroatoms. The highest BCUT2D eigenvalue weighted by molar-refractivity contribution is 7.13. The Bertz CT molecular complexity index is 1330. The Labute approximate surface area is 292 Å². The summed E-state index contributed by atoms with van der Waals surface area (Å²) in [5.41, 5.74) is 1.57. The van der Waals surface area contributed by atoms with Crippen LogP contribution in [-0.2, 0) is 39.1 Å². The van der Waals surface area contributed by atoms with Gasteiger partial charge in [-0.15, -0.1) is 11.3 Å². The van der Waals surface area contributed by atoms with Gasteiger partial charge in [0.15, 0.2) is 5.72 Å². The minimum Gasteiger partial charge on any atom is -0.391 e. The Morgan fingerprint density at radius 2 is 1.57 bits per heavy atom. The van der Waals surface area contributed by atoms with Crippen LogP contribution in [0.4, 0.5) is 0 Å². The van der Waals surface area contributed by atoms with Crippen LogP contribution in [0, 0.1) is 12.3 Å². The number of hydrogen-bond donors (Lipinski definition) is 5. The quantitative estimate of drug-likeness (QED) is 0.0986. The first-order valence-corrected chi connectivity index (χ1v) is 17.4. The molecule has 1 aliphatic heterocycles. The maximum atomic E-state index is 13.9. The number of likely N-dealkylation sites (N-methyl/N-ethyl adjacent to an activating group) is 1. The van der Waals surface area contributed by atoms with Crippen LogP contribution in [0.1, 0.15) is 45.4 Å². The summed E-state index contributed by atoms with van der Waals surface area (Å²) in [5, 5.41) is 30.1. The molecule has 2 heterocycles. The zero-order chi connectivity index (χ0) is 36.0. The number of nitrogens with zero attached hydrogens (tertiary/aromatic N) is 2. The van der Waals surface area contributed by atoms with Crippen molar-refractivity contribution in [2.24, 2.45) is 5.41 Å². The third kappa shape index (κ3) is 12.7. The molecule has 0 bridgehead atoms. The molecule has 0 aliphatic carbocycles. The molecule has 0 radical (unpaired) electrons. The lowest BCUT2D eigenvalue weighted by molar-refractivity contribution is -0.146. The summed E-state index contributed by atoms with van der Waals surface area (Å²) in [6.45, 7) is 12.0. The number of aliphatic hydroxyl groups excluding tert-OH is 1. The van der Waals surface area contributed by atoms with Crippen LogP contribution in [0.15, 0.2) is 29.8 Å². The first kappa shape index (κ1) is 40.4. The van der Waals surface area contributed by atoms with Gasteiger partial charge >= 0.3 is 0 Å². The van der Waals surface area contributed by atoms with Gasteiger partial charge in [-0.05, 0) is 31.9 Å².